The zero-order chi connectivity index (χ0) is 10.4. The van der Waals surface area contributed by atoms with E-state index in [0.717, 1.165) is 25.8 Å². The summed E-state index contributed by atoms with van der Waals surface area (Å²) in [7, 11) is 0. The smallest absolute Gasteiger partial charge is 0.234 e. The fourth-order valence-electron chi connectivity index (χ4n) is 1.78. The lowest BCUT2D eigenvalue weighted by molar-refractivity contribution is -0.121. The van der Waals surface area contributed by atoms with Gasteiger partial charge in [-0.3, -0.25) is 4.79 Å². The van der Waals surface area contributed by atoms with Gasteiger partial charge in [0.1, 0.15) is 0 Å². The topological polar surface area (TPSA) is 64.9 Å². The molecule has 1 amide bonds. The van der Waals surface area contributed by atoms with E-state index in [1.165, 1.54) is 0 Å². The van der Waals surface area contributed by atoms with Gasteiger partial charge in [-0.2, -0.15) is 5.26 Å². The Morgan fingerprint density at radius 1 is 1.57 bits per heavy atom. The number of hydrogen-bond acceptors (Lipinski definition) is 3. The van der Waals surface area contributed by atoms with Crippen LogP contribution in [0, 0.1) is 17.2 Å². The number of hydrogen-bond donors (Lipinski definition) is 2. The van der Waals surface area contributed by atoms with Crippen LogP contribution in [0.2, 0.25) is 0 Å². The van der Waals surface area contributed by atoms with Gasteiger partial charge in [-0.25, -0.2) is 0 Å². The van der Waals surface area contributed by atoms with E-state index < -0.39 is 0 Å². The van der Waals surface area contributed by atoms with E-state index in [1.54, 1.807) is 0 Å². The summed E-state index contributed by atoms with van der Waals surface area (Å²) < 4.78 is 0. The van der Waals surface area contributed by atoms with E-state index in [2.05, 4.69) is 16.7 Å². The van der Waals surface area contributed by atoms with E-state index in [1.807, 2.05) is 6.92 Å². The molecule has 1 aliphatic rings. The summed E-state index contributed by atoms with van der Waals surface area (Å²) in [5.74, 6) is 0.0135. The summed E-state index contributed by atoms with van der Waals surface area (Å²) in [6, 6.07) is 2.32. The Labute approximate surface area is 84.7 Å². The molecule has 4 nitrogen and oxygen atoms in total. The molecule has 1 rings (SSSR count). The number of amides is 1. The van der Waals surface area contributed by atoms with Crippen molar-refractivity contribution in [1.29, 1.82) is 5.26 Å². The molecule has 78 valence electrons. The average molecular weight is 195 g/mol. The summed E-state index contributed by atoms with van der Waals surface area (Å²) in [6.45, 7) is 3.10. The SMILES string of the molecule is CCNCC(=O)NC1CCCC1C#N. The van der Waals surface area contributed by atoms with Crippen LogP contribution in [0.1, 0.15) is 26.2 Å². The van der Waals surface area contributed by atoms with Crippen molar-refractivity contribution in [2.75, 3.05) is 13.1 Å². The lowest BCUT2D eigenvalue weighted by atomic mass is 10.1. The van der Waals surface area contributed by atoms with Crippen molar-refractivity contribution >= 4 is 5.91 Å². The fraction of sp³-hybridized carbons (Fsp3) is 0.800. The minimum Gasteiger partial charge on any atom is -0.351 e. The molecule has 1 saturated carbocycles. The Morgan fingerprint density at radius 3 is 3.00 bits per heavy atom. The molecule has 1 aliphatic carbocycles. The van der Waals surface area contributed by atoms with Crippen LogP contribution in [0.25, 0.3) is 0 Å². The molecule has 0 bridgehead atoms. The van der Waals surface area contributed by atoms with Gasteiger partial charge in [-0.1, -0.05) is 6.92 Å². The van der Waals surface area contributed by atoms with E-state index in [0.29, 0.717) is 6.54 Å². The second-order valence-electron chi connectivity index (χ2n) is 3.62. The van der Waals surface area contributed by atoms with Gasteiger partial charge in [0.2, 0.25) is 5.91 Å². The second-order valence-corrected chi connectivity index (χ2v) is 3.62. The summed E-state index contributed by atoms with van der Waals surface area (Å²) in [4.78, 5) is 11.3. The summed E-state index contributed by atoms with van der Waals surface area (Å²) in [5, 5.41) is 14.7. The third-order valence-corrected chi connectivity index (χ3v) is 2.56. The first-order chi connectivity index (χ1) is 6.77. The van der Waals surface area contributed by atoms with Crippen LogP contribution in [-0.2, 0) is 4.79 Å². The van der Waals surface area contributed by atoms with Crippen LogP contribution in [0.3, 0.4) is 0 Å². The Kier molecular flexibility index (Phi) is 4.41. The molecule has 0 radical (unpaired) electrons. The molecule has 14 heavy (non-hydrogen) atoms. The van der Waals surface area contributed by atoms with E-state index in [4.69, 9.17) is 5.26 Å². The van der Waals surface area contributed by atoms with Crippen molar-refractivity contribution in [3.8, 4) is 6.07 Å². The minimum atomic E-state index is -0.000926. The molecular formula is C10H17N3O. The molecule has 0 heterocycles. The van der Waals surface area contributed by atoms with Gasteiger partial charge in [-0.05, 0) is 25.8 Å². The number of rotatable bonds is 4. The van der Waals surface area contributed by atoms with Crippen molar-refractivity contribution < 1.29 is 4.79 Å². The number of carbonyl (C=O) groups is 1. The molecule has 1 fully saturated rings. The number of nitrogens with zero attached hydrogens (tertiary/aromatic N) is 1. The second kappa shape index (κ2) is 5.61. The first kappa shape index (κ1) is 11.0. The van der Waals surface area contributed by atoms with Crippen LogP contribution < -0.4 is 10.6 Å². The van der Waals surface area contributed by atoms with Crippen LogP contribution in [-0.4, -0.2) is 25.0 Å². The van der Waals surface area contributed by atoms with Gasteiger partial charge in [0.25, 0.3) is 0 Å². The highest BCUT2D eigenvalue weighted by molar-refractivity contribution is 5.78. The van der Waals surface area contributed by atoms with Gasteiger partial charge >= 0.3 is 0 Å². The Morgan fingerprint density at radius 2 is 2.36 bits per heavy atom. The summed E-state index contributed by atoms with van der Waals surface area (Å²) >= 11 is 0. The number of nitrogens with one attached hydrogen (secondary N) is 2. The zero-order valence-corrected chi connectivity index (χ0v) is 8.55. The highest BCUT2D eigenvalue weighted by atomic mass is 16.1. The predicted molar refractivity (Wildman–Crippen MR) is 53.4 cm³/mol. The Bertz CT molecular complexity index is 234. The van der Waals surface area contributed by atoms with Crippen molar-refractivity contribution in [1.82, 2.24) is 10.6 Å². The number of carbonyl (C=O) groups excluding carboxylic acids is 1. The van der Waals surface area contributed by atoms with E-state index in [9.17, 15) is 4.79 Å². The number of nitriles is 1. The first-order valence-corrected chi connectivity index (χ1v) is 5.17. The largest absolute Gasteiger partial charge is 0.351 e. The molecule has 0 spiro atoms. The van der Waals surface area contributed by atoms with Crippen LogP contribution in [0.15, 0.2) is 0 Å². The monoisotopic (exact) mass is 195 g/mol. The third kappa shape index (κ3) is 3.00. The van der Waals surface area contributed by atoms with Gasteiger partial charge < -0.3 is 10.6 Å². The van der Waals surface area contributed by atoms with Gasteiger partial charge in [0, 0.05) is 6.04 Å². The molecule has 0 saturated heterocycles. The lowest BCUT2D eigenvalue weighted by Gasteiger charge is -2.15. The quantitative estimate of drug-likeness (QED) is 0.682. The zero-order valence-electron chi connectivity index (χ0n) is 8.55. The maximum Gasteiger partial charge on any atom is 0.234 e. The fourth-order valence-corrected chi connectivity index (χ4v) is 1.78. The Hall–Kier alpha value is -1.08. The van der Waals surface area contributed by atoms with E-state index >= 15 is 0 Å². The summed E-state index contributed by atoms with van der Waals surface area (Å²) in [5.41, 5.74) is 0. The van der Waals surface area contributed by atoms with Crippen molar-refractivity contribution in [2.24, 2.45) is 5.92 Å². The molecule has 4 heteroatoms. The highest BCUT2D eigenvalue weighted by Crippen LogP contribution is 2.24. The van der Waals surface area contributed by atoms with Gasteiger partial charge in [-0.15, -0.1) is 0 Å². The van der Waals surface area contributed by atoms with Crippen molar-refractivity contribution in [3.05, 3.63) is 0 Å². The third-order valence-electron chi connectivity index (χ3n) is 2.56. The van der Waals surface area contributed by atoms with Crippen LogP contribution in [0.4, 0.5) is 0 Å². The molecule has 0 aromatic rings. The average Bonchev–Trinajstić information content (AvgIpc) is 2.62. The molecule has 2 N–H and O–H groups in total. The van der Waals surface area contributed by atoms with Crippen molar-refractivity contribution in [3.63, 3.8) is 0 Å². The maximum absolute atomic E-state index is 11.3. The standard InChI is InChI=1S/C10H17N3O/c1-2-12-7-10(14)13-9-5-3-4-8(9)6-11/h8-9,12H,2-5,7H2,1H3,(H,13,14). The highest BCUT2D eigenvalue weighted by Gasteiger charge is 2.27. The Balaban J connectivity index is 2.29. The number of likely N-dealkylation sites (N-methyl/N-ethyl adjacent to an activating group) is 1. The normalized spacial score (nSPS) is 25.7. The molecule has 2 atom stereocenters. The first-order valence-electron chi connectivity index (χ1n) is 5.17. The van der Waals surface area contributed by atoms with E-state index in [-0.39, 0.29) is 17.9 Å². The van der Waals surface area contributed by atoms with Crippen LogP contribution in [0.5, 0.6) is 0 Å². The molecule has 0 aromatic carbocycles. The van der Waals surface area contributed by atoms with Gasteiger partial charge in [0.05, 0.1) is 18.5 Å². The van der Waals surface area contributed by atoms with Crippen molar-refractivity contribution in [2.45, 2.75) is 32.2 Å². The maximum atomic E-state index is 11.3. The predicted octanol–water partition coefficient (Wildman–Crippen LogP) is 0.404. The minimum absolute atomic E-state index is 0.000926. The van der Waals surface area contributed by atoms with Crippen LogP contribution >= 0.6 is 0 Å². The molecule has 0 aliphatic heterocycles. The molecule has 0 aromatic heterocycles. The molecule has 2 unspecified atom stereocenters. The molecular weight excluding hydrogens is 178 g/mol. The van der Waals surface area contributed by atoms with Gasteiger partial charge in [0.15, 0.2) is 0 Å². The lowest BCUT2D eigenvalue weighted by Crippen LogP contribution is -2.41. The summed E-state index contributed by atoms with van der Waals surface area (Å²) in [6.07, 6.45) is 2.91.